The van der Waals surface area contributed by atoms with Gasteiger partial charge in [-0.15, -0.1) is 0 Å². The van der Waals surface area contributed by atoms with E-state index in [9.17, 15) is 13.6 Å². The van der Waals surface area contributed by atoms with E-state index in [2.05, 4.69) is 20.9 Å². The Morgan fingerprint density at radius 3 is 2.45 bits per heavy atom. The van der Waals surface area contributed by atoms with E-state index in [1.165, 1.54) is 29.2 Å². The molecule has 1 amide bonds. The third-order valence-corrected chi connectivity index (χ3v) is 7.73. The first kappa shape index (κ1) is 27.3. The van der Waals surface area contributed by atoms with E-state index in [0.29, 0.717) is 23.5 Å². The van der Waals surface area contributed by atoms with E-state index >= 15 is 0 Å². The molecule has 1 aliphatic rings. The molecule has 7 rings (SSSR count). The van der Waals surface area contributed by atoms with E-state index in [1.54, 1.807) is 30.6 Å². The predicted molar refractivity (Wildman–Crippen MR) is 164 cm³/mol. The zero-order valence-electron chi connectivity index (χ0n) is 23.5. The van der Waals surface area contributed by atoms with Gasteiger partial charge >= 0.3 is 0 Å². The standard InChI is InChI=1S/C35H27F2N5O2/c36-25-11-14-28-31(21-25)40-34(27-5-1-2-6-29(27)37)41(35(28)43)19-20-44-26-12-9-24(10-13-26)33-39-30-7-3-4-8-32(30)42(33)22-23-15-17-38-18-16-23/h1-18,21,34,40H,19-20,22H2. The highest BCUT2D eigenvalue weighted by Gasteiger charge is 2.34. The molecule has 1 aliphatic heterocycles. The number of pyridine rings is 1. The van der Waals surface area contributed by atoms with Gasteiger partial charge in [-0.3, -0.25) is 9.78 Å². The van der Waals surface area contributed by atoms with E-state index in [1.807, 2.05) is 54.6 Å². The molecule has 0 saturated heterocycles. The van der Waals surface area contributed by atoms with Crippen LogP contribution >= 0.6 is 0 Å². The summed E-state index contributed by atoms with van der Waals surface area (Å²) in [7, 11) is 0. The first-order chi connectivity index (χ1) is 21.5. The molecule has 4 aromatic carbocycles. The number of fused-ring (bicyclic) bond motifs is 2. The van der Waals surface area contributed by atoms with Crippen LogP contribution in [0.5, 0.6) is 5.75 Å². The van der Waals surface area contributed by atoms with E-state index in [0.717, 1.165) is 28.0 Å². The number of nitrogens with zero attached hydrogens (tertiary/aromatic N) is 4. The number of nitrogens with one attached hydrogen (secondary N) is 1. The van der Waals surface area contributed by atoms with Crippen molar-refractivity contribution in [3.63, 3.8) is 0 Å². The third kappa shape index (κ3) is 5.24. The average molecular weight is 588 g/mol. The van der Waals surface area contributed by atoms with Gasteiger partial charge in [0, 0.05) is 30.1 Å². The maximum atomic E-state index is 14.8. The van der Waals surface area contributed by atoms with Crippen molar-refractivity contribution >= 4 is 22.6 Å². The number of anilines is 1. The second-order valence-electron chi connectivity index (χ2n) is 10.5. The minimum absolute atomic E-state index is 0.162. The van der Waals surface area contributed by atoms with Gasteiger partial charge in [-0.05, 0) is 78.4 Å². The Kier molecular flexibility index (Phi) is 7.19. The first-order valence-electron chi connectivity index (χ1n) is 14.2. The Bertz CT molecular complexity index is 1960. The molecule has 1 atom stereocenters. The van der Waals surface area contributed by atoms with Crippen molar-refractivity contribution in [2.75, 3.05) is 18.5 Å². The van der Waals surface area contributed by atoms with Crippen LogP contribution in [0, 0.1) is 11.6 Å². The highest BCUT2D eigenvalue weighted by molar-refractivity contribution is 6.01. The predicted octanol–water partition coefficient (Wildman–Crippen LogP) is 7.07. The minimum Gasteiger partial charge on any atom is -0.492 e. The Labute approximate surface area is 252 Å². The number of hydrogen-bond donors (Lipinski definition) is 1. The number of carbonyl (C=O) groups excluding carboxylic acids is 1. The van der Waals surface area contributed by atoms with Crippen molar-refractivity contribution in [3.05, 3.63) is 144 Å². The number of aromatic nitrogens is 3. The van der Waals surface area contributed by atoms with Crippen LogP contribution < -0.4 is 10.1 Å². The van der Waals surface area contributed by atoms with Gasteiger partial charge < -0.3 is 19.5 Å². The molecule has 0 radical (unpaired) electrons. The van der Waals surface area contributed by atoms with Gasteiger partial charge in [-0.2, -0.15) is 0 Å². The number of ether oxygens (including phenoxy) is 1. The lowest BCUT2D eigenvalue weighted by Crippen LogP contribution is -2.45. The highest BCUT2D eigenvalue weighted by Crippen LogP contribution is 2.34. The zero-order valence-corrected chi connectivity index (χ0v) is 23.5. The van der Waals surface area contributed by atoms with E-state index in [4.69, 9.17) is 9.72 Å². The largest absolute Gasteiger partial charge is 0.492 e. The molecule has 2 aromatic heterocycles. The molecule has 1 unspecified atom stereocenters. The number of imidazole rings is 1. The molecule has 218 valence electrons. The smallest absolute Gasteiger partial charge is 0.257 e. The van der Waals surface area contributed by atoms with Crippen molar-refractivity contribution in [2.24, 2.45) is 0 Å². The summed E-state index contributed by atoms with van der Waals surface area (Å²) in [6.07, 6.45) is 2.74. The molecular formula is C35H27F2N5O2. The molecular weight excluding hydrogens is 560 g/mol. The van der Waals surface area contributed by atoms with Gasteiger partial charge in [0.05, 0.1) is 28.8 Å². The van der Waals surface area contributed by atoms with Crippen molar-refractivity contribution in [1.82, 2.24) is 19.4 Å². The second-order valence-corrected chi connectivity index (χ2v) is 10.5. The van der Waals surface area contributed by atoms with Crippen molar-refractivity contribution in [2.45, 2.75) is 12.7 Å². The summed E-state index contributed by atoms with van der Waals surface area (Å²) < 4.78 is 37.0. The fourth-order valence-corrected chi connectivity index (χ4v) is 5.58. The summed E-state index contributed by atoms with van der Waals surface area (Å²) in [5.74, 6) is 0.174. The molecule has 44 heavy (non-hydrogen) atoms. The lowest BCUT2D eigenvalue weighted by molar-refractivity contribution is 0.0647. The molecule has 7 nitrogen and oxygen atoms in total. The van der Waals surface area contributed by atoms with Crippen LogP contribution in [0.15, 0.2) is 116 Å². The van der Waals surface area contributed by atoms with Crippen molar-refractivity contribution in [3.8, 4) is 17.1 Å². The van der Waals surface area contributed by atoms with E-state index in [-0.39, 0.29) is 24.6 Å². The Hall–Kier alpha value is -5.57. The number of amides is 1. The van der Waals surface area contributed by atoms with Gasteiger partial charge in [-0.1, -0.05) is 30.3 Å². The molecule has 0 spiro atoms. The van der Waals surface area contributed by atoms with Crippen LogP contribution in [0.1, 0.15) is 27.7 Å². The number of halogens is 2. The summed E-state index contributed by atoms with van der Waals surface area (Å²) in [5.41, 5.74) is 4.92. The highest BCUT2D eigenvalue weighted by atomic mass is 19.1. The quantitative estimate of drug-likeness (QED) is 0.206. The Morgan fingerprint density at radius 2 is 1.64 bits per heavy atom. The summed E-state index contributed by atoms with van der Waals surface area (Å²) in [4.78, 5) is 24.0. The van der Waals surface area contributed by atoms with Crippen LogP contribution in [-0.4, -0.2) is 38.5 Å². The molecule has 6 aromatic rings. The topological polar surface area (TPSA) is 72.3 Å². The SMILES string of the molecule is O=C1c2ccc(F)cc2NC(c2ccccc2F)N1CCOc1ccc(-c2nc3ccccc3n2Cc2ccncc2)cc1. The van der Waals surface area contributed by atoms with Crippen molar-refractivity contribution in [1.29, 1.82) is 0 Å². The molecule has 0 aliphatic carbocycles. The van der Waals surface area contributed by atoms with Crippen LogP contribution in [0.2, 0.25) is 0 Å². The zero-order chi connectivity index (χ0) is 30.0. The number of carbonyl (C=O) groups is 1. The van der Waals surface area contributed by atoms with Crippen LogP contribution in [-0.2, 0) is 6.54 Å². The second kappa shape index (κ2) is 11.6. The summed E-state index contributed by atoms with van der Waals surface area (Å²) in [6, 6.07) is 29.8. The van der Waals surface area contributed by atoms with Gasteiger partial charge in [0.1, 0.15) is 36.0 Å². The average Bonchev–Trinajstić information content (AvgIpc) is 3.41. The van der Waals surface area contributed by atoms with Crippen molar-refractivity contribution < 1.29 is 18.3 Å². The fourth-order valence-electron chi connectivity index (χ4n) is 5.58. The maximum absolute atomic E-state index is 14.8. The van der Waals surface area contributed by atoms with Gasteiger partial charge in [0.25, 0.3) is 5.91 Å². The maximum Gasteiger partial charge on any atom is 0.257 e. The Balaban J connectivity index is 1.10. The van der Waals surface area contributed by atoms with Gasteiger partial charge in [-0.25, -0.2) is 13.8 Å². The van der Waals surface area contributed by atoms with Crippen LogP contribution in [0.4, 0.5) is 14.5 Å². The Morgan fingerprint density at radius 1 is 0.864 bits per heavy atom. The lowest BCUT2D eigenvalue weighted by Gasteiger charge is -2.38. The third-order valence-electron chi connectivity index (χ3n) is 7.73. The normalized spacial score (nSPS) is 14.4. The number of rotatable bonds is 8. The molecule has 0 saturated carbocycles. The number of benzene rings is 4. The minimum atomic E-state index is -0.822. The summed E-state index contributed by atoms with van der Waals surface area (Å²) in [6.45, 7) is 0.980. The van der Waals surface area contributed by atoms with E-state index < -0.39 is 17.8 Å². The fraction of sp³-hybridized carbons (Fsp3) is 0.114. The van der Waals surface area contributed by atoms with Gasteiger partial charge in [0.2, 0.25) is 0 Å². The monoisotopic (exact) mass is 587 g/mol. The molecule has 0 bridgehead atoms. The van der Waals surface area contributed by atoms with Gasteiger partial charge in [0.15, 0.2) is 0 Å². The summed E-state index contributed by atoms with van der Waals surface area (Å²) >= 11 is 0. The molecule has 3 heterocycles. The number of hydrogen-bond acceptors (Lipinski definition) is 5. The molecule has 1 N–H and O–H groups in total. The number of para-hydroxylation sites is 2. The molecule has 9 heteroatoms. The van der Waals surface area contributed by atoms with Crippen LogP contribution in [0.25, 0.3) is 22.4 Å². The summed E-state index contributed by atoms with van der Waals surface area (Å²) in [5, 5.41) is 3.14. The lowest BCUT2D eigenvalue weighted by atomic mass is 10.0. The first-order valence-corrected chi connectivity index (χ1v) is 14.2. The van der Waals surface area contributed by atoms with Crippen LogP contribution in [0.3, 0.4) is 0 Å². The molecule has 0 fully saturated rings.